The first-order valence-corrected chi connectivity index (χ1v) is 12.5. The Hall–Kier alpha value is -4.73. The van der Waals surface area contributed by atoms with Crippen molar-refractivity contribution >= 4 is 22.9 Å². The van der Waals surface area contributed by atoms with Gasteiger partial charge < -0.3 is 10.6 Å². The summed E-state index contributed by atoms with van der Waals surface area (Å²) in [5.74, 6) is 0.657. The summed E-state index contributed by atoms with van der Waals surface area (Å²) in [5.41, 5.74) is 2.83. The standard InChI is InChI=1S/C29H23F3N6O/c30-29(31,32)21-6-4-5-18(15-21)16-33-26-24-27(38(17-34-24)23-7-2-1-3-8-23)37-25(36-26)19-9-11-20(12-10-19)28(39)35-22-13-14-22/h1-12,15,17,22H,13-14,16H2,(H,35,39)(H,33,36,37). The second-order valence-corrected chi connectivity index (χ2v) is 9.39. The van der Waals surface area contributed by atoms with Crippen molar-refractivity contribution in [2.24, 2.45) is 0 Å². The number of fused-ring (bicyclic) bond motifs is 1. The Morgan fingerprint density at radius 3 is 2.44 bits per heavy atom. The van der Waals surface area contributed by atoms with Crippen LogP contribution in [0.25, 0.3) is 28.2 Å². The topological polar surface area (TPSA) is 84.7 Å². The number of para-hydroxylation sites is 1. The largest absolute Gasteiger partial charge is 0.416 e. The molecule has 0 atom stereocenters. The van der Waals surface area contributed by atoms with Crippen LogP contribution in [0.5, 0.6) is 0 Å². The third-order valence-corrected chi connectivity index (χ3v) is 6.46. The zero-order valence-electron chi connectivity index (χ0n) is 20.6. The van der Waals surface area contributed by atoms with Gasteiger partial charge in [-0.15, -0.1) is 0 Å². The molecule has 0 spiro atoms. The van der Waals surface area contributed by atoms with E-state index in [9.17, 15) is 18.0 Å². The molecule has 3 aromatic carbocycles. The number of hydrogen-bond acceptors (Lipinski definition) is 5. The first-order valence-electron chi connectivity index (χ1n) is 12.5. The highest BCUT2D eigenvalue weighted by molar-refractivity contribution is 5.95. The Bertz CT molecular complexity index is 1640. The van der Waals surface area contributed by atoms with Crippen LogP contribution in [0.4, 0.5) is 19.0 Å². The van der Waals surface area contributed by atoms with Crippen molar-refractivity contribution in [2.45, 2.75) is 31.6 Å². The Balaban J connectivity index is 1.37. The third-order valence-electron chi connectivity index (χ3n) is 6.46. The molecule has 7 nitrogen and oxygen atoms in total. The summed E-state index contributed by atoms with van der Waals surface area (Å²) in [6.07, 6.45) is -0.785. The predicted molar refractivity (Wildman–Crippen MR) is 141 cm³/mol. The summed E-state index contributed by atoms with van der Waals surface area (Å²) in [6, 6.07) is 22.0. The summed E-state index contributed by atoms with van der Waals surface area (Å²) < 4.78 is 41.5. The number of carbonyl (C=O) groups is 1. The lowest BCUT2D eigenvalue weighted by atomic mass is 10.1. The molecule has 6 rings (SSSR count). The molecule has 0 saturated heterocycles. The van der Waals surface area contributed by atoms with E-state index in [2.05, 4.69) is 20.6 Å². The summed E-state index contributed by atoms with van der Waals surface area (Å²) >= 11 is 0. The fourth-order valence-electron chi connectivity index (χ4n) is 4.24. The molecular weight excluding hydrogens is 505 g/mol. The van der Waals surface area contributed by atoms with Crippen molar-refractivity contribution in [3.05, 3.63) is 102 Å². The monoisotopic (exact) mass is 528 g/mol. The van der Waals surface area contributed by atoms with Crippen molar-refractivity contribution in [1.82, 2.24) is 24.8 Å². The third kappa shape index (κ3) is 5.31. The second kappa shape index (κ2) is 9.86. The first kappa shape index (κ1) is 24.6. The van der Waals surface area contributed by atoms with Crippen molar-refractivity contribution in [3.8, 4) is 17.1 Å². The highest BCUT2D eigenvalue weighted by atomic mass is 19.4. The number of rotatable bonds is 7. The van der Waals surface area contributed by atoms with Gasteiger partial charge in [-0.3, -0.25) is 9.36 Å². The maximum atomic E-state index is 13.2. The van der Waals surface area contributed by atoms with Crippen LogP contribution in [-0.4, -0.2) is 31.5 Å². The molecule has 10 heteroatoms. The van der Waals surface area contributed by atoms with Gasteiger partial charge in [0.2, 0.25) is 0 Å². The molecule has 1 amide bonds. The Morgan fingerprint density at radius 2 is 1.72 bits per heavy atom. The van der Waals surface area contributed by atoms with Crippen LogP contribution < -0.4 is 10.6 Å². The number of aromatic nitrogens is 4. The molecular formula is C29H23F3N6O. The second-order valence-electron chi connectivity index (χ2n) is 9.39. The number of anilines is 1. The van der Waals surface area contributed by atoms with Gasteiger partial charge in [-0.05, 0) is 54.8 Å². The molecule has 1 aliphatic carbocycles. The zero-order valence-corrected chi connectivity index (χ0v) is 20.6. The summed E-state index contributed by atoms with van der Waals surface area (Å²) in [5, 5.41) is 6.13. The van der Waals surface area contributed by atoms with Crippen LogP contribution in [0.3, 0.4) is 0 Å². The number of amides is 1. The molecule has 1 fully saturated rings. The van der Waals surface area contributed by atoms with E-state index in [0.29, 0.717) is 39.5 Å². The molecule has 5 aromatic rings. The maximum absolute atomic E-state index is 13.2. The minimum Gasteiger partial charge on any atom is -0.364 e. The molecule has 2 N–H and O–H groups in total. The maximum Gasteiger partial charge on any atom is 0.416 e. The number of benzene rings is 3. The van der Waals surface area contributed by atoms with Gasteiger partial charge in [0.1, 0.15) is 6.33 Å². The number of alkyl halides is 3. The SMILES string of the molecule is O=C(NC1CC1)c1ccc(-c2nc(NCc3cccc(C(F)(F)F)c3)c3ncn(-c4ccccc4)c3n2)cc1. The quantitative estimate of drug-likeness (QED) is 0.271. The lowest BCUT2D eigenvalue weighted by molar-refractivity contribution is -0.137. The van der Waals surface area contributed by atoms with E-state index in [0.717, 1.165) is 30.7 Å². The van der Waals surface area contributed by atoms with Crippen LogP contribution >= 0.6 is 0 Å². The van der Waals surface area contributed by atoms with Gasteiger partial charge in [0.15, 0.2) is 22.8 Å². The van der Waals surface area contributed by atoms with Gasteiger partial charge in [-0.2, -0.15) is 13.2 Å². The lowest BCUT2D eigenvalue weighted by Gasteiger charge is -2.12. The van der Waals surface area contributed by atoms with E-state index < -0.39 is 11.7 Å². The van der Waals surface area contributed by atoms with Crippen molar-refractivity contribution < 1.29 is 18.0 Å². The fourth-order valence-corrected chi connectivity index (χ4v) is 4.24. The Labute approximate surface area is 221 Å². The molecule has 1 saturated carbocycles. The van der Waals surface area contributed by atoms with E-state index in [1.54, 1.807) is 36.7 Å². The fraction of sp³-hybridized carbons (Fsp3) is 0.172. The van der Waals surface area contributed by atoms with E-state index >= 15 is 0 Å². The molecule has 1 aliphatic rings. The van der Waals surface area contributed by atoms with E-state index in [1.807, 2.05) is 34.9 Å². The summed E-state index contributed by atoms with van der Waals surface area (Å²) in [6.45, 7) is 0.105. The van der Waals surface area contributed by atoms with Gasteiger partial charge in [-0.1, -0.05) is 42.5 Å². The molecule has 2 aromatic heterocycles. The minimum atomic E-state index is -4.43. The van der Waals surface area contributed by atoms with Gasteiger partial charge in [0.25, 0.3) is 5.91 Å². The summed E-state index contributed by atoms with van der Waals surface area (Å²) in [4.78, 5) is 26.4. The average molecular weight is 529 g/mol. The molecule has 0 aliphatic heterocycles. The summed E-state index contributed by atoms with van der Waals surface area (Å²) in [7, 11) is 0. The highest BCUT2D eigenvalue weighted by Crippen LogP contribution is 2.30. The van der Waals surface area contributed by atoms with Crippen LogP contribution in [-0.2, 0) is 12.7 Å². The average Bonchev–Trinajstić information content (AvgIpc) is 3.66. The zero-order chi connectivity index (χ0) is 27.0. The van der Waals surface area contributed by atoms with Crippen LogP contribution in [0.15, 0.2) is 85.2 Å². The molecule has 0 radical (unpaired) electrons. The number of halogens is 3. The molecule has 39 heavy (non-hydrogen) atoms. The van der Waals surface area contributed by atoms with Gasteiger partial charge in [0.05, 0.1) is 5.56 Å². The molecule has 2 heterocycles. The number of nitrogens with zero attached hydrogens (tertiary/aromatic N) is 4. The minimum absolute atomic E-state index is 0.105. The van der Waals surface area contributed by atoms with Crippen molar-refractivity contribution in [3.63, 3.8) is 0 Å². The number of imidazole rings is 1. The lowest BCUT2D eigenvalue weighted by Crippen LogP contribution is -2.25. The Kier molecular flexibility index (Phi) is 6.22. The van der Waals surface area contributed by atoms with E-state index in [-0.39, 0.29) is 18.5 Å². The van der Waals surface area contributed by atoms with Crippen LogP contribution in [0, 0.1) is 0 Å². The molecule has 0 unspecified atom stereocenters. The van der Waals surface area contributed by atoms with E-state index in [1.165, 1.54) is 6.07 Å². The first-order chi connectivity index (χ1) is 18.8. The number of hydrogen-bond donors (Lipinski definition) is 2. The van der Waals surface area contributed by atoms with Crippen LogP contribution in [0.2, 0.25) is 0 Å². The smallest absolute Gasteiger partial charge is 0.364 e. The van der Waals surface area contributed by atoms with E-state index in [4.69, 9.17) is 4.98 Å². The highest BCUT2D eigenvalue weighted by Gasteiger charge is 2.30. The van der Waals surface area contributed by atoms with Gasteiger partial charge in [0, 0.05) is 29.4 Å². The molecule has 196 valence electrons. The van der Waals surface area contributed by atoms with Crippen molar-refractivity contribution in [1.29, 1.82) is 0 Å². The van der Waals surface area contributed by atoms with Crippen molar-refractivity contribution in [2.75, 3.05) is 5.32 Å². The predicted octanol–water partition coefficient (Wildman–Crippen LogP) is 6.01. The van der Waals surface area contributed by atoms with Gasteiger partial charge >= 0.3 is 6.18 Å². The molecule has 0 bridgehead atoms. The van der Waals surface area contributed by atoms with Crippen LogP contribution in [0.1, 0.15) is 34.3 Å². The number of carbonyl (C=O) groups excluding carboxylic acids is 1. The van der Waals surface area contributed by atoms with Gasteiger partial charge in [-0.25, -0.2) is 15.0 Å². The number of nitrogens with one attached hydrogen (secondary N) is 2. The normalized spacial score (nSPS) is 13.4. The Morgan fingerprint density at radius 1 is 0.949 bits per heavy atom.